The molecule has 2 N–H and O–H groups in total. The molecule has 32 heavy (non-hydrogen) atoms. The maximum Gasteiger partial charge on any atom is 0.335 e. The van der Waals surface area contributed by atoms with E-state index < -0.39 is 17.2 Å². The third kappa shape index (κ3) is 4.20. The molecule has 0 unspecified atom stereocenters. The van der Waals surface area contributed by atoms with Crippen molar-refractivity contribution < 1.29 is 13.9 Å². The minimum atomic E-state index is -0.636. The van der Waals surface area contributed by atoms with Gasteiger partial charge in [0.2, 0.25) is 5.71 Å². The molecule has 0 saturated carbocycles. The molecular weight excluding hydrogens is 410 g/mol. The molecule has 2 aromatic carbocycles. The lowest BCUT2D eigenvalue weighted by atomic mass is 10.1. The van der Waals surface area contributed by atoms with Gasteiger partial charge < -0.3 is 14.5 Å². The standard InChI is InChI=1S/C24H23N3O5/c1-15-9-11-18(12-10-15)31-14-6-13-25-21(28)19-16(2)32-22-20(19)23(29)27(24(30)26-22)17-7-4-3-5-8-17/h3-5,7-12H,6,13-14H2,1-2H3,(H,25,28)(H,26,30). The fraction of sp³-hybridized carbons (Fsp3) is 0.208. The molecule has 164 valence electrons. The van der Waals surface area contributed by atoms with E-state index >= 15 is 0 Å². The second kappa shape index (κ2) is 8.97. The minimum Gasteiger partial charge on any atom is -0.494 e. The molecule has 2 heterocycles. The number of nitrogens with zero attached hydrogens (tertiary/aromatic N) is 1. The number of carbonyl (C=O) groups is 1. The fourth-order valence-electron chi connectivity index (χ4n) is 3.47. The molecular formula is C24H23N3O5. The average Bonchev–Trinajstić information content (AvgIpc) is 3.11. The molecule has 0 atom stereocenters. The number of aromatic amines is 1. The Balaban J connectivity index is 1.51. The normalized spacial score (nSPS) is 10.9. The number of nitrogens with one attached hydrogen (secondary N) is 2. The first-order valence-corrected chi connectivity index (χ1v) is 10.3. The molecule has 0 radical (unpaired) electrons. The first-order valence-electron chi connectivity index (χ1n) is 10.3. The number of rotatable bonds is 7. The van der Waals surface area contributed by atoms with Gasteiger partial charge in [0.25, 0.3) is 11.5 Å². The Morgan fingerprint density at radius 1 is 1.06 bits per heavy atom. The van der Waals surface area contributed by atoms with E-state index in [-0.39, 0.29) is 22.4 Å². The second-order valence-corrected chi connectivity index (χ2v) is 7.41. The summed E-state index contributed by atoms with van der Waals surface area (Å²) >= 11 is 0. The Kier molecular flexibility index (Phi) is 5.93. The number of furan rings is 1. The summed E-state index contributed by atoms with van der Waals surface area (Å²) in [6.07, 6.45) is 0.583. The van der Waals surface area contributed by atoms with Gasteiger partial charge in [-0.2, -0.15) is 0 Å². The highest BCUT2D eigenvalue weighted by atomic mass is 16.5. The Hall–Kier alpha value is -4.07. The predicted octanol–water partition coefficient (Wildman–Crippen LogP) is 3.09. The maximum absolute atomic E-state index is 13.1. The number of carbonyl (C=O) groups excluding carboxylic acids is 1. The number of fused-ring (bicyclic) bond motifs is 1. The first-order chi connectivity index (χ1) is 15.5. The van der Waals surface area contributed by atoms with Crippen molar-refractivity contribution in [1.82, 2.24) is 14.9 Å². The third-order valence-electron chi connectivity index (χ3n) is 5.06. The summed E-state index contributed by atoms with van der Waals surface area (Å²) in [5, 5.41) is 2.84. The van der Waals surface area contributed by atoms with E-state index in [2.05, 4.69) is 10.3 Å². The molecule has 0 fully saturated rings. The number of hydrogen-bond acceptors (Lipinski definition) is 5. The van der Waals surface area contributed by atoms with Crippen LogP contribution >= 0.6 is 0 Å². The van der Waals surface area contributed by atoms with Crippen LogP contribution in [0.1, 0.15) is 28.1 Å². The van der Waals surface area contributed by atoms with Crippen LogP contribution in [0.15, 0.2) is 68.6 Å². The van der Waals surface area contributed by atoms with Gasteiger partial charge in [0.05, 0.1) is 17.9 Å². The van der Waals surface area contributed by atoms with E-state index in [1.165, 1.54) is 0 Å². The second-order valence-electron chi connectivity index (χ2n) is 7.41. The van der Waals surface area contributed by atoms with Crippen molar-refractivity contribution in [2.45, 2.75) is 20.3 Å². The molecule has 8 heteroatoms. The minimum absolute atomic E-state index is 0.0162. The van der Waals surface area contributed by atoms with Gasteiger partial charge in [-0.25, -0.2) is 9.36 Å². The van der Waals surface area contributed by atoms with Crippen molar-refractivity contribution in [3.05, 3.63) is 92.3 Å². The van der Waals surface area contributed by atoms with E-state index in [1.807, 2.05) is 31.2 Å². The van der Waals surface area contributed by atoms with Crippen molar-refractivity contribution in [2.24, 2.45) is 0 Å². The topological polar surface area (TPSA) is 106 Å². The maximum atomic E-state index is 13.1. The quantitative estimate of drug-likeness (QED) is 0.436. The number of benzene rings is 2. The number of aromatic nitrogens is 2. The van der Waals surface area contributed by atoms with Crippen LogP contribution in [0.4, 0.5) is 0 Å². The third-order valence-corrected chi connectivity index (χ3v) is 5.06. The monoisotopic (exact) mass is 433 g/mol. The van der Waals surface area contributed by atoms with Gasteiger partial charge in [0, 0.05) is 6.54 Å². The van der Waals surface area contributed by atoms with Crippen molar-refractivity contribution >= 4 is 17.0 Å². The Bertz CT molecular complexity index is 1370. The Labute approximate surface area is 183 Å². The zero-order chi connectivity index (χ0) is 22.7. The van der Waals surface area contributed by atoms with Gasteiger partial charge in [0.1, 0.15) is 16.9 Å². The average molecular weight is 433 g/mol. The van der Waals surface area contributed by atoms with Crippen LogP contribution in [0, 0.1) is 13.8 Å². The van der Waals surface area contributed by atoms with Crippen LogP contribution in [-0.2, 0) is 0 Å². The molecule has 4 rings (SSSR count). The van der Waals surface area contributed by atoms with E-state index in [0.717, 1.165) is 15.9 Å². The fourth-order valence-corrected chi connectivity index (χ4v) is 3.47. The molecule has 1 amide bonds. The Morgan fingerprint density at radius 2 is 1.78 bits per heavy atom. The molecule has 0 spiro atoms. The van der Waals surface area contributed by atoms with E-state index in [1.54, 1.807) is 37.3 Å². The smallest absolute Gasteiger partial charge is 0.335 e. The molecule has 8 nitrogen and oxygen atoms in total. The van der Waals surface area contributed by atoms with E-state index in [4.69, 9.17) is 9.15 Å². The molecule has 0 aliphatic rings. The van der Waals surface area contributed by atoms with Gasteiger partial charge >= 0.3 is 5.69 Å². The van der Waals surface area contributed by atoms with Crippen LogP contribution in [0.2, 0.25) is 0 Å². The van der Waals surface area contributed by atoms with Gasteiger partial charge in [-0.3, -0.25) is 14.6 Å². The van der Waals surface area contributed by atoms with Crippen LogP contribution in [0.25, 0.3) is 16.8 Å². The van der Waals surface area contributed by atoms with Crippen molar-refractivity contribution in [3.8, 4) is 11.4 Å². The molecule has 0 bridgehead atoms. The number of H-pyrrole nitrogens is 1. The summed E-state index contributed by atoms with van der Waals surface area (Å²) in [7, 11) is 0. The SMILES string of the molecule is Cc1ccc(OCCCNC(=O)c2c(C)oc3[nH]c(=O)n(-c4ccccc4)c(=O)c23)cc1. The molecule has 0 saturated heterocycles. The summed E-state index contributed by atoms with van der Waals surface area (Å²) in [5.41, 5.74) is 0.407. The number of aryl methyl sites for hydroxylation is 2. The predicted molar refractivity (Wildman–Crippen MR) is 121 cm³/mol. The van der Waals surface area contributed by atoms with Gasteiger partial charge in [-0.15, -0.1) is 0 Å². The summed E-state index contributed by atoms with van der Waals surface area (Å²) in [6, 6.07) is 16.2. The van der Waals surface area contributed by atoms with E-state index in [9.17, 15) is 14.4 Å². The number of hydrogen-bond donors (Lipinski definition) is 2. The summed E-state index contributed by atoms with van der Waals surface area (Å²) in [6.45, 7) is 4.38. The molecule has 0 aliphatic carbocycles. The van der Waals surface area contributed by atoms with Gasteiger partial charge in [0.15, 0.2) is 0 Å². The number of amides is 1. The van der Waals surface area contributed by atoms with Crippen LogP contribution < -0.4 is 21.3 Å². The number of ether oxygens (including phenoxy) is 1. The molecule has 0 aliphatic heterocycles. The van der Waals surface area contributed by atoms with Crippen LogP contribution in [0.3, 0.4) is 0 Å². The van der Waals surface area contributed by atoms with Crippen molar-refractivity contribution in [3.63, 3.8) is 0 Å². The summed E-state index contributed by atoms with van der Waals surface area (Å²) in [5.74, 6) is 0.580. The van der Waals surface area contributed by atoms with Crippen molar-refractivity contribution in [1.29, 1.82) is 0 Å². The van der Waals surface area contributed by atoms with Crippen LogP contribution in [0.5, 0.6) is 5.75 Å². The highest BCUT2D eigenvalue weighted by molar-refractivity contribution is 6.06. The Morgan fingerprint density at radius 3 is 2.50 bits per heavy atom. The van der Waals surface area contributed by atoms with Crippen LogP contribution in [-0.4, -0.2) is 28.6 Å². The molecule has 2 aromatic heterocycles. The lowest BCUT2D eigenvalue weighted by Gasteiger charge is -2.08. The highest BCUT2D eigenvalue weighted by Gasteiger charge is 2.23. The van der Waals surface area contributed by atoms with Crippen molar-refractivity contribution in [2.75, 3.05) is 13.2 Å². The number of para-hydroxylation sites is 1. The summed E-state index contributed by atoms with van der Waals surface area (Å²) in [4.78, 5) is 41.0. The summed E-state index contributed by atoms with van der Waals surface area (Å²) < 4.78 is 12.2. The van der Waals surface area contributed by atoms with Gasteiger partial charge in [-0.05, 0) is 44.5 Å². The highest BCUT2D eigenvalue weighted by Crippen LogP contribution is 2.20. The zero-order valence-electron chi connectivity index (χ0n) is 17.8. The lowest BCUT2D eigenvalue weighted by molar-refractivity contribution is 0.0951. The van der Waals surface area contributed by atoms with E-state index in [0.29, 0.717) is 25.3 Å². The largest absolute Gasteiger partial charge is 0.494 e. The van der Waals surface area contributed by atoms with Gasteiger partial charge in [-0.1, -0.05) is 35.9 Å². The molecule has 4 aromatic rings. The zero-order valence-corrected chi connectivity index (χ0v) is 17.8. The lowest BCUT2D eigenvalue weighted by Crippen LogP contribution is -2.34. The first kappa shape index (κ1) is 21.2.